The number of ether oxygens (including phenoxy) is 2. The van der Waals surface area contributed by atoms with E-state index in [1.54, 1.807) is 6.92 Å². The first-order valence-corrected chi connectivity index (χ1v) is 10.3. The molecule has 0 bridgehead atoms. The summed E-state index contributed by atoms with van der Waals surface area (Å²) in [5.41, 5.74) is 0. The minimum Gasteiger partial charge on any atom is -0.480 e. The summed E-state index contributed by atoms with van der Waals surface area (Å²) < 4.78 is 10.4. The summed E-state index contributed by atoms with van der Waals surface area (Å²) in [5, 5.41) is 17.1. The monoisotopic (exact) mass is 467 g/mol. The maximum absolute atomic E-state index is 11.8. The highest BCUT2D eigenvalue weighted by molar-refractivity contribution is 9.09. The number of rotatable bonds is 17. The first-order valence-electron chi connectivity index (χ1n) is 9.17. The van der Waals surface area contributed by atoms with Crippen molar-refractivity contribution in [2.45, 2.75) is 38.6 Å². The second-order valence-corrected chi connectivity index (χ2v) is 6.37. The number of carboxylic acids is 1. The molecule has 0 spiro atoms. The molecule has 0 saturated heterocycles. The summed E-state index contributed by atoms with van der Waals surface area (Å²) >= 11 is 3.03. The minimum absolute atomic E-state index is 0.0480. The molecule has 0 aromatic carbocycles. The van der Waals surface area contributed by atoms with Gasteiger partial charge in [0.15, 0.2) is 0 Å². The van der Waals surface area contributed by atoms with Crippen LogP contribution in [0.5, 0.6) is 0 Å². The van der Waals surface area contributed by atoms with Crippen molar-refractivity contribution in [3.05, 3.63) is 0 Å². The maximum Gasteiger partial charge on any atom is 0.326 e. The summed E-state index contributed by atoms with van der Waals surface area (Å²) in [4.78, 5) is 45.0. The predicted molar refractivity (Wildman–Crippen MR) is 105 cm³/mol. The van der Waals surface area contributed by atoms with Crippen LogP contribution in [-0.2, 0) is 28.7 Å². The molecule has 0 aliphatic heterocycles. The molecule has 11 heteroatoms. The summed E-state index contributed by atoms with van der Waals surface area (Å²) in [6, 6.07) is -0.999. The van der Waals surface area contributed by atoms with Crippen LogP contribution in [0.2, 0.25) is 0 Å². The molecule has 0 aliphatic rings. The number of hydrogen-bond donors (Lipinski definition) is 4. The van der Waals surface area contributed by atoms with Crippen LogP contribution in [0.3, 0.4) is 0 Å². The lowest BCUT2D eigenvalue weighted by atomic mass is 10.1. The van der Waals surface area contributed by atoms with Crippen molar-refractivity contribution in [2.75, 3.05) is 44.8 Å². The Morgan fingerprint density at radius 2 is 1.61 bits per heavy atom. The number of carboxylic acid groups (broad SMARTS) is 1. The number of aliphatic carboxylic acids is 1. The average Bonchev–Trinajstić information content (AvgIpc) is 2.67. The molecule has 0 saturated carbocycles. The lowest BCUT2D eigenvalue weighted by Gasteiger charge is -2.14. The highest BCUT2D eigenvalue weighted by Crippen LogP contribution is 2.01. The van der Waals surface area contributed by atoms with Gasteiger partial charge in [-0.1, -0.05) is 22.9 Å². The molecule has 0 aromatic rings. The minimum atomic E-state index is -1.12. The molecule has 0 unspecified atom stereocenters. The van der Waals surface area contributed by atoms with E-state index in [4.69, 9.17) is 9.47 Å². The topological polar surface area (TPSA) is 143 Å². The Kier molecular flexibility index (Phi) is 16.3. The van der Waals surface area contributed by atoms with E-state index in [9.17, 15) is 24.3 Å². The molecule has 162 valence electrons. The van der Waals surface area contributed by atoms with Crippen LogP contribution in [0.4, 0.5) is 0 Å². The van der Waals surface area contributed by atoms with Crippen molar-refractivity contribution in [1.82, 2.24) is 16.0 Å². The Bertz CT molecular complexity index is 491. The Labute approximate surface area is 173 Å². The lowest BCUT2D eigenvalue weighted by Crippen LogP contribution is -2.42. The summed E-state index contributed by atoms with van der Waals surface area (Å²) in [5.74, 6) is -1.81. The van der Waals surface area contributed by atoms with E-state index >= 15 is 0 Å². The molecule has 3 amide bonds. The van der Waals surface area contributed by atoms with E-state index < -0.39 is 17.9 Å². The molecular weight excluding hydrogens is 438 g/mol. The molecule has 4 N–H and O–H groups in total. The first-order chi connectivity index (χ1) is 13.4. The first kappa shape index (κ1) is 26.3. The Hall–Kier alpha value is -1.72. The van der Waals surface area contributed by atoms with Crippen molar-refractivity contribution in [3.8, 4) is 0 Å². The SMILES string of the molecule is CCC(=O)NCCOCCOCC(=O)N[C@@H](CCCCNC(=O)CBr)C(=O)O. The number of alkyl halides is 1. The summed E-state index contributed by atoms with van der Waals surface area (Å²) in [7, 11) is 0. The van der Waals surface area contributed by atoms with Crippen LogP contribution >= 0.6 is 15.9 Å². The predicted octanol–water partition coefficient (Wildman–Crippen LogP) is -0.203. The number of carbonyl (C=O) groups excluding carboxylic acids is 3. The van der Waals surface area contributed by atoms with E-state index in [1.807, 2.05) is 0 Å². The van der Waals surface area contributed by atoms with Gasteiger partial charge in [-0.25, -0.2) is 4.79 Å². The van der Waals surface area contributed by atoms with Crippen LogP contribution in [0.25, 0.3) is 0 Å². The largest absolute Gasteiger partial charge is 0.480 e. The van der Waals surface area contributed by atoms with Gasteiger partial charge in [-0.3, -0.25) is 14.4 Å². The fourth-order valence-corrected chi connectivity index (χ4v) is 2.21. The fourth-order valence-electron chi connectivity index (χ4n) is 2.01. The van der Waals surface area contributed by atoms with E-state index in [1.165, 1.54) is 0 Å². The average molecular weight is 468 g/mol. The normalized spacial score (nSPS) is 11.5. The smallest absolute Gasteiger partial charge is 0.326 e. The third-order valence-corrected chi connectivity index (χ3v) is 4.00. The molecule has 0 aromatic heterocycles. The van der Waals surface area contributed by atoms with Gasteiger partial charge < -0.3 is 30.5 Å². The molecule has 0 rings (SSSR count). The fraction of sp³-hybridized carbons (Fsp3) is 0.765. The van der Waals surface area contributed by atoms with Gasteiger partial charge in [0, 0.05) is 19.5 Å². The van der Waals surface area contributed by atoms with E-state index in [-0.39, 0.29) is 43.4 Å². The van der Waals surface area contributed by atoms with Crippen molar-refractivity contribution in [3.63, 3.8) is 0 Å². The maximum atomic E-state index is 11.8. The number of amides is 3. The van der Waals surface area contributed by atoms with E-state index in [0.29, 0.717) is 39.0 Å². The van der Waals surface area contributed by atoms with Crippen LogP contribution in [0.1, 0.15) is 32.6 Å². The van der Waals surface area contributed by atoms with Crippen molar-refractivity contribution in [2.24, 2.45) is 0 Å². The summed E-state index contributed by atoms with van der Waals surface area (Å²) in [6.45, 7) is 3.15. The second-order valence-electron chi connectivity index (χ2n) is 5.81. The van der Waals surface area contributed by atoms with Crippen LogP contribution in [-0.4, -0.2) is 79.7 Å². The number of nitrogens with one attached hydrogen (secondary N) is 3. The number of carbonyl (C=O) groups is 4. The molecule has 0 heterocycles. The van der Waals surface area contributed by atoms with E-state index in [0.717, 1.165) is 0 Å². The molecular formula is C17H30BrN3O7. The number of unbranched alkanes of at least 4 members (excludes halogenated alkanes) is 1. The zero-order chi connectivity index (χ0) is 21.2. The van der Waals surface area contributed by atoms with Gasteiger partial charge in [-0.15, -0.1) is 0 Å². The number of hydrogen-bond acceptors (Lipinski definition) is 6. The molecule has 0 fully saturated rings. The quantitative estimate of drug-likeness (QED) is 0.171. The highest BCUT2D eigenvalue weighted by atomic mass is 79.9. The zero-order valence-corrected chi connectivity index (χ0v) is 17.7. The third kappa shape index (κ3) is 15.3. The van der Waals surface area contributed by atoms with Gasteiger partial charge in [0.05, 0.1) is 25.2 Å². The number of halogens is 1. The zero-order valence-electron chi connectivity index (χ0n) is 16.1. The van der Waals surface area contributed by atoms with Crippen molar-refractivity contribution < 1.29 is 33.8 Å². The molecule has 0 radical (unpaired) electrons. The highest BCUT2D eigenvalue weighted by Gasteiger charge is 2.19. The van der Waals surface area contributed by atoms with Gasteiger partial charge >= 0.3 is 5.97 Å². The standard InChI is InChI=1S/C17H30BrN3O7/c1-2-14(22)20-7-8-27-9-10-28-12-16(24)21-13(17(25)26)5-3-4-6-19-15(23)11-18/h13H,2-12H2,1H3,(H,19,23)(H,20,22)(H,21,24)(H,25,26)/t13-/m0/s1. The van der Waals surface area contributed by atoms with Crippen molar-refractivity contribution in [1.29, 1.82) is 0 Å². The summed E-state index contributed by atoms with van der Waals surface area (Å²) in [6.07, 6.45) is 1.84. The Morgan fingerprint density at radius 1 is 0.929 bits per heavy atom. The lowest BCUT2D eigenvalue weighted by molar-refractivity contribution is -0.142. The molecule has 10 nitrogen and oxygen atoms in total. The van der Waals surface area contributed by atoms with Gasteiger partial charge in [0.2, 0.25) is 17.7 Å². The van der Waals surface area contributed by atoms with E-state index in [2.05, 4.69) is 31.9 Å². The van der Waals surface area contributed by atoms with Crippen LogP contribution < -0.4 is 16.0 Å². The van der Waals surface area contributed by atoms with Crippen LogP contribution in [0.15, 0.2) is 0 Å². The molecule has 1 atom stereocenters. The Balaban J connectivity index is 3.77. The Morgan fingerprint density at radius 3 is 2.25 bits per heavy atom. The molecule has 0 aliphatic carbocycles. The molecule has 28 heavy (non-hydrogen) atoms. The van der Waals surface area contributed by atoms with Gasteiger partial charge in [0.25, 0.3) is 0 Å². The van der Waals surface area contributed by atoms with Gasteiger partial charge in [-0.05, 0) is 19.3 Å². The van der Waals surface area contributed by atoms with Gasteiger partial charge in [0.1, 0.15) is 12.6 Å². The third-order valence-electron chi connectivity index (χ3n) is 3.49. The van der Waals surface area contributed by atoms with Crippen LogP contribution in [0, 0.1) is 0 Å². The second kappa shape index (κ2) is 17.4. The van der Waals surface area contributed by atoms with Gasteiger partial charge in [-0.2, -0.15) is 0 Å². The van der Waals surface area contributed by atoms with Crippen molar-refractivity contribution >= 4 is 39.6 Å².